The Morgan fingerprint density at radius 3 is 2.25 bits per heavy atom. The Balaban J connectivity index is 1.46. The summed E-state index contributed by atoms with van der Waals surface area (Å²) in [4.78, 5) is 38.9. The molecule has 0 radical (unpaired) electrons. The highest BCUT2D eigenvalue weighted by atomic mass is 16.5. The number of aliphatic hydroxyl groups is 1. The molecule has 2 aromatic carbocycles. The van der Waals surface area contributed by atoms with Crippen LogP contribution in [0.3, 0.4) is 0 Å². The molecule has 170 valence electrons. The first-order valence-corrected chi connectivity index (χ1v) is 10.8. The van der Waals surface area contributed by atoms with Crippen molar-refractivity contribution in [3.05, 3.63) is 71.8 Å². The summed E-state index contributed by atoms with van der Waals surface area (Å²) in [6.45, 7) is 0.389. The number of benzene rings is 2. The van der Waals surface area contributed by atoms with Gasteiger partial charge in [0.05, 0.1) is 12.6 Å². The van der Waals surface area contributed by atoms with Crippen LogP contribution < -0.4 is 10.6 Å². The van der Waals surface area contributed by atoms with Crippen molar-refractivity contribution >= 4 is 17.9 Å². The number of carbonyl (C=O) groups excluding carboxylic acids is 3. The molecule has 2 aromatic rings. The number of carbonyl (C=O) groups is 3. The summed E-state index contributed by atoms with van der Waals surface area (Å²) in [6.07, 6.45) is 0.445. The lowest BCUT2D eigenvalue weighted by molar-refractivity contribution is -0.141. The molecule has 1 aliphatic rings. The maximum Gasteiger partial charge on any atom is 0.407 e. The van der Waals surface area contributed by atoms with E-state index in [4.69, 9.17) is 4.74 Å². The summed E-state index contributed by atoms with van der Waals surface area (Å²) in [5, 5.41) is 15.1. The predicted molar refractivity (Wildman–Crippen MR) is 118 cm³/mol. The zero-order chi connectivity index (χ0) is 22.8. The van der Waals surface area contributed by atoms with Crippen molar-refractivity contribution in [3.8, 4) is 0 Å². The molecule has 1 saturated heterocycles. The molecular formula is C24H29N3O5. The van der Waals surface area contributed by atoms with E-state index in [0.717, 1.165) is 11.1 Å². The van der Waals surface area contributed by atoms with E-state index in [1.807, 2.05) is 60.7 Å². The molecule has 1 heterocycles. The minimum absolute atomic E-state index is 0.0133. The van der Waals surface area contributed by atoms with Crippen molar-refractivity contribution in [1.29, 1.82) is 0 Å². The first-order valence-electron chi connectivity index (χ1n) is 10.8. The van der Waals surface area contributed by atoms with Gasteiger partial charge in [0.15, 0.2) is 0 Å². The van der Waals surface area contributed by atoms with Crippen LogP contribution in [0.2, 0.25) is 0 Å². The van der Waals surface area contributed by atoms with Gasteiger partial charge in [-0.05, 0) is 24.0 Å². The molecule has 3 N–H and O–H groups in total. The van der Waals surface area contributed by atoms with E-state index in [9.17, 15) is 19.5 Å². The lowest BCUT2D eigenvalue weighted by Gasteiger charge is -2.29. The van der Waals surface area contributed by atoms with Gasteiger partial charge in [0.25, 0.3) is 0 Å². The molecule has 0 bridgehead atoms. The van der Waals surface area contributed by atoms with Gasteiger partial charge in [0.2, 0.25) is 11.8 Å². The standard InChI is InChI=1S/C24H29N3O5/c28-16-20-11-12-21(23(30)26-15-18-7-3-1-4-8-18)27(20)22(29)13-14-25-24(31)32-17-19-9-5-2-6-10-19/h1-10,20-21,28H,11-17H2,(H,25,31)(H,26,30)/t20-,21-/m1/s1. The minimum atomic E-state index is -0.631. The molecule has 3 rings (SSSR count). The molecule has 3 amide bonds. The second-order valence-corrected chi connectivity index (χ2v) is 7.67. The fourth-order valence-electron chi connectivity index (χ4n) is 3.77. The van der Waals surface area contributed by atoms with Gasteiger partial charge < -0.3 is 25.4 Å². The lowest BCUT2D eigenvalue weighted by Crippen LogP contribution is -2.50. The monoisotopic (exact) mass is 439 g/mol. The summed E-state index contributed by atoms with van der Waals surface area (Å²) in [5.74, 6) is -0.529. The van der Waals surface area contributed by atoms with Crippen LogP contribution >= 0.6 is 0 Å². The topological polar surface area (TPSA) is 108 Å². The van der Waals surface area contributed by atoms with Gasteiger partial charge in [0.1, 0.15) is 12.6 Å². The maximum absolute atomic E-state index is 12.8. The van der Waals surface area contributed by atoms with Gasteiger partial charge in [0, 0.05) is 19.5 Å². The number of ether oxygens (including phenoxy) is 1. The fraction of sp³-hybridized carbons (Fsp3) is 0.375. The molecule has 1 fully saturated rings. The Kier molecular flexibility index (Phi) is 8.62. The zero-order valence-corrected chi connectivity index (χ0v) is 17.9. The molecule has 8 nitrogen and oxygen atoms in total. The van der Waals surface area contributed by atoms with E-state index in [0.29, 0.717) is 19.4 Å². The van der Waals surface area contributed by atoms with Crippen LogP contribution in [0.4, 0.5) is 4.79 Å². The van der Waals surface area contributed by atoms with Crippen molar-refractivity contribution in [2.24, 2.45) is 0 Å². The quantitative estimate of drug-likeness (QED) is 0.554. The van der Waals surface area contributed by atoms with Crippen LogP contribution in [0.5, 0.6) is 0 Å². The molecule has 0 unspecified atom stereocenters. The van der Waals surface area contributed by atoms with E-state index in [2.05, 4.69) is 10.6 Å². The maximum atomic E-state index is 12.8. The molecule has 0 aliphatic carbocycles. The number of aliphatic hydroxyl groups excluding tert-OH is 1. The van der Waals surface area contributed by atoms with E-state index in [1.165, 1.54) is 4.90 Å². The summed E-state index contributed by atoms with van der Waals surface area (Å²) < 4.78 is 5.13. The Bertz CT molecular complexity index is 891. The van der Waals surface area contributed by atoms with E-state index >= 15 is 0 Å². The highest BCUT2D eigenvalue weighted by molar-refractivity contribution is 5.88. The highest BCUT2D eigenvalue weighted by Gasteiger charge is 2.40. The third-order valence-electron chi connectivity index (χ3n) is 5.43. The van der Waals surface area contributed by atoms with Crippen molar-refractivity contribution in [1.82, 2.24) is 15.5 Å². The first kappa shape index (κ1) is 23.3. The van der Waals surface area contributed by atoms with E-state index in [-0.39, 0.29) is 38.0 Å². The lowest BCUT2D eigenvalue weighted by atomic mass is 10.1. The smallest absolute Gasteiger partial charge is 0.407 e. The predicted octanol–water partition coefficient (Wildman–Crippen LogP) is 1.97. The molecule has 8 heteroatoms. The third-order valence-corrected chi connectivity index (χ3v) is 5.43. The van der Waals surface area contributed by atoms with Crippen molar-refractivity contribution < 1.29 is 24.2 Å². The van der Waals surface area contributed by atoms with Gasteiger partial charge in [-0.3, -0.25) is 9.59 Å². The molecule has 0 aromatic heterocycles. The Morgan fingerprint density at radius 2 is 1.59 bits per heavy atom. The van der Waals surface area contributed by atoms with E-state index < -0.39 is 18.2 Å². The van der Waals surface area contributed by atoms with Crippen LogP contribution in [0.25, 0.3) is 0 Å². The SMILES string of the molecule is O=C(NCCC(=O)N1[C@@H](CO)CC[C@@H]1C(=O)NCc1ccccc1)OCc1ccccc1. The number of alkyl carbamates (subject to hydrolysis) is 1. The minimum Gasteiger partial charge on any atom is -0.445 e. The zero-order valence-electron chi connectivity index (χ0n) is 17.9. The van der Waals surface area contributed by atoms with Crippen molar-refractivity contribution in [3.63, 3.8) is 0 Å². The number of amides is 3. The number of likely N-dealkylation sites (tertiary alicyclic amines) is 1. The molecule has 2 atom stereocenters. The van der Waals surface area contributed by atoms with Gasteiger partial charge in [-0.15, -0.1) is 0 Å². The number of hydrogen-bond donors (Lipinski definition) is 3. The van der Waals surface area contributed by atoms with E-state index in [1.54, 1.807) is 0 Å². The Hall–Kier alpha value is -3.39. The van der Waals surface area contributed by atoms with Gasteiger partial charge >= 0.3 is 6.09 Å². The molecule has 1 aliphatic heterocycles. The summed E-state index contributed by atoms with van der Waals surface area (Å²) in [5.41, 5.74) is 1.83. The van der Waals surface area contributed by atoms with Crippen LogP contribution in [-0.2, 0) is 27.5 Å². The molecular weight excluding hydrogens is 410 g/mol. The molecule has 0 saturated carbocycles. The third kappa shape index (κ3) is 6.55. The highest BCUT2D eigenvalue weighted by Crippen LogP contribution is 2.25. The van der Waals surface area contributed by atoms with Crippen LogP contribution in [0.15, 0.2) is 60.7 Å². The van der Waals surface area contributed by atoms with Crippen molar-refractivity contribution in [2.75, 3.05) is 13.2 Å². The normalized spacial score (nSPS) is 17.6. The average Bonchev–Trinajstić information content (AvgIpc) is 3.27. The van der Waals surface area contributed by atoms with Crippen LogP contribution in [0, 0.1) is 0 Å². The Morgan fingerprint density at radius 1 is 0.938 bits per heavy atom. The second kappa shape index (κ2) is 11.9. The second-order valence-electron chi connectivity index (χ2n) is 7.67. The van der Waals surface area contributed by atoms with Crippen LogP contribution in [-0.4, -0.2) is 53.1 Å². The molecule has 0 spiro atoms. The van der Waals surface area contributed by atoms with Crippen molar-refractivity contribution in [2.45, 2.75) is 44.5 Å². The fourth-order valence-corrected chi connectivity index (χ4v) is 3.77. The summed E-state index contributed by atoms with van der Waals surface area (Å²) >= 11 is 0. The number of nitrogens with one attached hydrogen (secondary N) is 2. The molecule has 32 heavy (non-hydrogen) atoms. The van der Waals surface area contributed by atoms with Gasteiger partial charge in [-0.25, -0.2) is 4.79 Å². The van der Waals surface area contributed by atoms with Gasteiger partial charge in [-0.1, -0.05) is 60.7 Å². The average molecular weight is 440 g/mol. The number of rotatable bonds is 9. The summed E-state index contributed by atoms with van der Waals surface area (Å²) in [6, 6.07) is 17.8. The first-order chi connectivity index (χ1) is 15.6. The largest absolute Gasteiger partial charge is 0.445 e. The van der Waals surface area contributed by atoms with Crippen LogP contribution in [0.1, 0.15) is 30.4 Å². The Labute approximate surface area is 187 Å². The number of nitrogens with zero attached hydrogens (tertiary/aromatic N) is 1. The summed E-state index contributed by atoms with van der Waals surface area (Å²) in [7, 11) is 0. The van der Waals surface area contributed by atoms with Gasteiger partial charge in [-0.2, -0.15) is 0 Å². The number of hydrogen-bond acceptors (Lipinski definition) is 5.